The minimum Gasteiger partial charge on any atom is -0.465 e. The number of hydrogen-bond acceptors (Lipinski definition) is 3. The SMILES string of the molecule is COC(=O)c1ccc(-c2ccc(Cl)cc2Cl)c2[nH]c(C)cc(=O)c12. The Morgan fingerprint density at radius 1 is 1.08 bits per heavy atom. The van der Waals surface area contributed by atoms with Crippen LogP contribution in [0.15, 0.2) is 41.2 Å². The molecule has 0 fully saturated rings. The summed E-state index contributed by atoms with van der Waals surface area (Å²) < 4.78 is 4.78. The molecule has 0 atom stereocenters. The highest BCUT2D eigenvalue weighted by Crippen LogP contribution is 2.34. The molecular weight excluding hydrogens is 349 g/mol. The van der Waals surface area contributed by atoms with Gasteiger partial charge < -0.3 is 9.72 Å². The number of ether oxygens (including phenoxy) is 1. The smallest absolute Gasteiger partial charge is 0.338 e. The van der Waals surface area contributed by atoms with Crippen LogP contribution >= 0.6 is 23.2 Å². The van der Waals surface area contributed by atoms with Gasteiger partial charge in [-0.1, -0.05) is 35.3 Å². The predicted molar refractivity (Wildman–Crippen MR) is 96.1 cm³/mol. The third kappa shape index (κ3) is 2.79. The molecule has 0 spiro atoms. The van der Waals surface area contributed by atoms with Crippen molar-refractivity contribution >= 4 is 40.1 Å². The third-order valence-electron chi connectivity index (χ3n) is 3.75. The Morgan fingerprint density at radius 2 is 1.79 bits per heavy atom. The zero-order valence-electron chi connectivity index (χ0n) is 12.9. The highest BCUT2D eigenvalue weighted by Gasteiger charge is 2.18. The van der Waals surface area contributed by atoms with Crippen molar-refractivity contribution in [2.24, 2.45) is 0 Å². The maximum absolute atomic E-state index is 12.5. The first-order valence-electron chi connectivity index (χ1n) is 7.12. The molecule has 24 heavy (non-hydrogen) atoms. The number of nitrogens with one attached hydrogen (secondary N) is 1. The topological polar surface area (TPSA) is 59.2 Å². The average Bonchev–Trinajstić information content (AvgIpc) is 2.53. The van der Waals surface area contributed by atoms with Gasteiger partial charge in [0, 0.05) is 32.9 Å². The van der Waals surface area contributed by atoms with Gasteiger partial charge in [0.05, 0.1) is 23.6 Å². The van der Waals surface area contributed by atoms with E-state index >= 15 is 0 Å². The molecule has 0 unspecified atom stereocenters. The van der Waals surface area contributed by atoms with Crippen molar-refractivity contribution in [3.8, 4) is 11.1 Å². The number of rotatable bonds is 2. The van der Waals surface area contributed by atoms with E-state index in [1.165, 1.54) is 13.2 Å². The molecule has 0 saturated heterocycles. The first-order chi connectivity index (χ1) is 11.4. The highest BCUT2D eigenvalue weighted by molar-refractivity contribution is 6.36. The fourth-order valence-electron chi connectivity index (χ4n) is 2.70. The molecule has 0 bridgehead atoms. The molecule has 0 saturated carbocycles. The molecule has 3 rings (SSSR count). The number of aromatic amines is 1. The second-order valence-corrected chi connectivity index (χ2v) is 6.19. The van der Waals surface area contributed by atoms with E-state index in [2.05, 4.69) is 4.98 Å². The zero-order chi connectivity index (χ0) is 17.4. The van der Waals surface area contributed by atoms with Crippen LogP contribution in [-0.4, -0.2) is 18.1 Å². The standard InChI is InChI=1S/C18H13Cl2NO3/c1-9-7-15(22)16-13(18(23)24-2)6-5-12(17(16)21-9)11-4-3-10(19)8-14(11)20/h3-8H,1-2H3,(H,21,22). The van der Waals surface area contributed by atoms with Crippen molar-refractivity contribution in [3.63, 3.8) is 0 Å². The van der Waals surface area contributed by atoms with Crippen LogP contribution < -0.4 is 5.43 Å². The van der Waals surface area contributed by atoms with E-state index in [9.17, 15) is 9.59 Å². The summed E-state index contributed by atoms with van der Waals surface area (Å²) in [5.41, 5.74) is 2.59. The Bertz CT molecular complexity index is 1020. The molecule has 0 aliphatic rings. The van der Waals surface area contributed by atoms with E-state index in [-0.39, 0.29) is 16.4 Å². The molecule has 3 aromatic rings. The maximum atomic E-state index is 12.5. The van der Waals surface area contributed by atoms with Crippen LogP contribution in [0.2, 0.25) is 10.0 Å². The van der Waals surface area contributed by atoms with Crippen molar-refractivity contribution in [2.45, 2.75) is 6.92 Å². The van der Waals surface area contributed by atoms with Gasteiger partial charge >= 0.3 is 5.97 Å². The number of pyridine rings is 1. The van der Waals surface area contributed by atoms with Gasteiger partial charge in [-0.15, -0.1) is 0 Å². The Morgan fingerprint density at radius 3 is 2.46 bits per heavy atom. The van der Waals surface area contributed by atoms with Gasteiger partial charge in [-0.2, -0.15) is 0 Å². The summed E-state index contributed by atoms with van der Waals surface area (Å²) in [6, 6.07) is 9.88. The van der Waals surface area contributed by atoms with Gasteiger partial charge in [-0.05, 0) is 25.1 Å². The molecule has 1 aromatic heterocycles. The first-order valence-corrected chi connectivity index (χ1v) is 7.88. The van der Waals surface area contributed by atoms with Gasteiger partial charge in [0.25, 0.3) is 0 Å². The Labute approximate surface area is 148 Å². The lowest BCUT2D eigenvalue weighted by Crippen LogP contribution is -2.11. The molecule has 4 nitrogen and oxygen atoms in total. The van der Waals surface area contributed by atoms with Crippen LogP contribution in [0.3, 0.4) is 0 Å². The normalized spacial score (nSPS) is 10.8. The zero-order valence-corrected chi connectivity index (χ0v) is 14.5. The third-order valence-corrected chi connectivity index (χ3v) is 4.30. The summed E-state index contributed by atoms with van der Waals surface area (Å²) in [6.45, 7) is 1.78. The molecular formula is C18H13Cl2NO3. The number of benzene rings is 2. The van der Waals surface area contributed by atoms with Gasteiger partial charge in [0.2, 0.25) is 0 Å². The molecule has 0 aliphatic heterocycles. The van der Waals surface area contributed by atoms with Crippen molar-refractivity contribution in [1.29, 1.82) is 0 Å². The first kappa shape index (κ1) is 16.6. The van der Waals surface area contributed by atoms with Crippen LogP contribution in [0.5, 0.6) is 0 Å². The molecule has 0 radical (unpaired) electrons. The minimum absolute atomic E-state index is 0.211. The van der Waals surface area contributed by atoms with Gasteiger partial charge in [0.1, 0.15) is 0 Å². The fraction of sp³-hybridized carbons (Fsp3) is 0.111. The molecule has 1 heterocycles. The number of aryl methyl sites for hydroxylation is 1. The van der Waals surface area contributed by atoms with E-state index in [1.54, 1.807) is 37.3 Å². The molecule has 122 valence electrons. The van der Waals surface area contributed by atoms with Gasteiger partial charge in [-0.25, -0.2) is 4.79 Å². The van der Waals surface area contributed by atoms with E-state index in [4.69, 9.17) is 27.9 Å². The Balaban J connectivity index is 2.43. The lowest BCUT2D eigenvalue weighted by Gasteiger charge is -2.12. The van der Waals surface area contributed by atoms with Crippen molar-refractivity contribution < 1.29 is 9.53 Å². The summed E-state index contributed by atoms with van der Waals surface area (Å²) in [5.74, 6) is -0.567. The Hall–Kier alpha value is -2.30. The minimum atomic E-state index is -0.567. The van der Waals surface area contributed by atoms with Crippen LogP contribution in [-0.2, 0) is 4.74 Å². The number of halogens is 2. The number of esters is 1. The van der Waals surface area contributed by atoms with Crippen molar-refractivity contribution in [3.05, 3.63) is 67.9 Å². The van der Waals surface area contributed by atoms with E-state index in [1.807, 2.05) is 0 Å². The average molecular weight is 362 g/mol. The van der Waals surface area contributed by atoms with Crippen molar-refractivity contribution in [2.75, 3.05) is 7.11 Å². The van der Waals surface area contributed by atoms with E-state index in [0.29, 0.717) is 32.4 Å². The fourth-order valence-corrected chi connectivity index (χ4v) is 3.21. The van der Waals surface area contributed by atoms with Gasteiger partial charge in [-0.3, -0.25) is 4.79 Å². The van der Waals surface area contributed by atoms with E-state index in [0.717, 1.165) is 0 Å². The summed E-state index contributed by atoms with van der Waals surface area (Å²) in [6.07, 6.45) is 0. The number of carbonyl (C=O) groups is 1. The highest BCUT2D eigenvalue weighted by atomic mass is 35.5. The summed E-state index contributed by atoms with van der Waals surface area (Å²) in [4.78, 5) is 27.6. The molecule has 0 amide bonds. The monoisotopic (exact) mass is 361 g/mol. The second kappa shape index (κ2) is 6.30. The summed E-state index contributed by atoms with van der Waals surface area (Å²) in [7, 11) is 1.28. The number of aromatic nitrogens is 1. The van der Waals surface area contributed by atoms with E-state index < -0.39 is 5.97 Å². The second-order valence-electron chi connectivity index (χ2n) is 5.34. The number of hydrogen-bond donors (Lipinski definition) is 1. The lowest BCUT2D eigenvalue weighted by atomic mass is 9.98. The van der Waals surface area contributed by atoms with Crippen LogP contribution in [0.4, 0.5) is 0 Å². The number of carbonyl (C=O) groups excluding carboxylic acids is 1. The molecule has 0 aliphatic carbocycles. The molecule has 2 aromatic carbocycles. The number of methoxy groups -OCH3 is 1. The maximum Gasteiger partial charge on any atom is 0.338 e. The summed E-state index contributed by atoms with van der Waals surface area (Å²) in [5, 5.41) is 1.25. The van der Waals surface area contributed by atoms with Crippen LogP contribution in [0.25, 0.3) is 22.0 Å². The molecule has 6 heteroatoms. The number of H-pyrrole nitrogens is 1. The lowest BCUT2D eigenvalue weighted by molar-refractivity contribution is 0.0603. The van der Waals surface area contributed by atoms with Gasteiger partial charge in [0.15, 0.2) is 5.43 Å². The van der Waals surface area contributed by atoms with Crippen LogP contribution in [0.1, 0.15) is 16.1 Å². The quantitative estimate of drug-likeness (QED) is 0.678. The largest absolute Gasteiger partial charge is 0.465 e. The predicted octanol–water partition coefficient (Wildman–Crippen LogP) is 4.60. The summed E-state index contributed by atoms with van der Waals surface area (Å²) >= 11 is 12.3. The van der Waals surface area contributed by atoms with Crippen LogP contribution in [0, 0.1) is 6.92 Å². The number of fused-ring (bicyclic) bond motifs is 1. The molecule has 1 N–H and O–H groups in total. The van der Waals surface area contributed by atoms with Crippen molar-refractivity contribution in [1.82, 2.24) is 4.98 Å². The Kier molecular flexibility index (Phi) is 4.35.